The lowest BCUT2D eigenvalue weighted by Crippen LogP contribution is -2.40. The summed E-state index contributed by atoms with van der Waals surface area (Å²) in [5, 5.41) is 0. The van der Waals surface area contributed by atoms with Crippen molar-refractivity contribution in [2.75, 3.05) is 0 Å². The van der Waals surface area contributed by atoms with Crippen LogP contribution in [0.1, 0.15) is 63.8 Å². The molecule has 8 heteroatoms. The average Bonchev–Trinajstić information content (AvgIpc) is 3.25. The van der Waals surface area contributed by atoms with E-state index in [1.165, 1.54) is 0 Å². The third-order valence-corrected chi connectivity index (χ3v) is 5.81. The van der Waals surface area contributed by atoms with E-state index in [2.05, 4.69) is 0 Å². The zero-order valence-electron chi connectivity index (χ0n) is 23.0. The number of hydrogen-bond donors (Lipinski definition) is 0. The first-order chi connectivity index (χ1) is 17.6. The summed E-state index contributed by atoms with van der Waals surface area (Å²) in [6.45, 7) is 14.0. The molecule has 2 aliphatic heterocycles. The molecule has 2 aromatic carbocycles. The lowest BCUT2D eigenvalue weighted by Gasteiger charge is -2.27. The minimum Gasteiger partial charge on any atom is -0.443 e. The average molecular weight is 517 g/mol. The summed E-state index contributed by atoms with van der Waals surface area (Å²) in [5.41, 5.74) is 1.09. The molecule has 2 heterocycles. The number of hydrogen-bond acceptors (Lipinski definition) is 6. The second-order valence-corrected chi connectivity index (χ2v) is 11.4. The van der Waals surface area contributed by atoms with Gasteiger partial charge < -0.3 is 9.47 Å². The Morgan fingerprint density at radius 1 is 0.579 bits per heavy atom. The van der Waals surface area contributed by atoms with Crippen molar-refractivity contribution in [1.82, 2.24) is 9.80 Å². The van der Waals surface area contributed by atoms with Crippen molar-refractivity contribution < 1.29 is 28.7 Å². The van der Waals surface area contributed by atoms with Gasteiger partial charge in [-0.15, -0.1) is 0 Å². The first-order valence-corrected chi connectivity index (χ1v) is 12.4. The van der Waals surface area contributed by atoms with E-state index in [0.717, 1.165) is 20.9 Å². The quantitative estimate of drug-likeness (QED) is 0.487. The summed E-state index contributed by atoms with van der Waals surface area (Å²) in [6, 6.07) is 14.1. The van der Waals surface area contributed by atoms with Crippen molar-refractivity contribution in [1.29, 1.82) is 0 Å². The summed E-state index contributed by atoms with van der Waals surface area (Å²) >= 11 is 0. The van der Waals surface area contributed by atoms with E-state index in [-0.39, 0.29) is 22.5 Å². The number of imide groups is 2. The van der Waals surface area contributed by atoms with Gasteiger partial charge in [-0.1, -0.05) is 59.7 Å². The van der Waals surface area contributed by atoms with Crippen molar-refractivity contribution in [2.24, 2.45) is 0 Å². The molecule has 4 rings (SSSR count). The molecule has 8 nitrogen and oxygen atoms in total. The Hall–Kier alpha value is -4.20. The van der Waals surface area contributed by atoms with Gasteiger partial charge in [0.15, 0.2) is 0 Å². The Morgan fingerprint density at radius 3 is 1.13 bits per heavy atom. The van der Waals surface area contributed by atoms with Gasteiger partial charge >= 0.3 is 12.2 Å². The molecule has 2 aliphatic rings. The Balaban J connectivity index is 2.01. The van der Waals surface area contributed by atoms with Crippen molar-refractivity contribution in [2.45, 2.75) is 66.6 Å². The van der Waals surface area contributed by atoms with Gasteiger partial charge in [0.05, 0.1) is 22.5 Å². The van der Waals surface area contributed by atoms with Gasteiger partial charge in [0, 0.05) is 0 Å². The topological polar surface area (TPSA) is 93.2 Å². The Labute approximate surface area is 222 Å². The number of carbonyl (C=O) groups excluding carboxylic acids is 4. The zero-order valence-corrected chi connectivity index (χ0v) is 23.0. The van der Waals surface area contributed by atoms with Crippen LogP contribution in [0.3, 0.4) is 0 Å². The summed E-state index contributed by atoms with van der Waals surface area (Å²) in [5.74, 6) is -1.50. The number of amides is 4. The molecule has 0 fully saturated rings. The van der Waals surface area contributed by atoms with E-state index in [4.69, 9.17) is 9.47 Å². The lowest BCUT2D eigenvalue weighted by atomic mass is 10.0. The maximum absolute atomic E-state index is 14.0. The highest BCUT2D eigenvalue weighted by Crippen LogP contribution is 2.47. The Bertz CT molecular complexity index is 1290. The standard InChI is InChI=1S/C30H32N2O6/c1-17-9-13-19(14-10-17)23-21-22(26(34)31(23)27(35)37-29(3,4)5)24(20-15-11-18(2)12-16-20)32(25(21)33)28(36)38-30(6,7)8/h9-16H,1-8H3. The van der Waals surface area contributed by atoms with E-state index < -0.39 is 35.2 Å². The van der Waals surface area contributed by atoms with Crippen LogP contribution in [-0.2, 0) is 19.1 Å². The van der Waals surface area contributed by atoms with Gasteiger partial charge in [0.25, 0.3) is 11.8 Å². The number of ether oxygens (including phenoxy) is 2. The largest absolute Gasteiger partial charge is 0.443 e. The monoisotopic (exact) mass is 516 g/mol. The van der Waals surface area contributed by atoms with Gasteiger partial charge in [-0.05, 0) is 66.5 Å². The van der Waals surface area contributed by atoms with Crippen molar-refractivity contribution in [3.63, 3.8) is 0 Å². The fourth-order valence-corrected chi connectivity index (χ4v) is 4.24. The molecule has 0 unspecified atom stereocenters. The van der Waals surface area contributed by atoms with Gasteiger partial charge in [-0.3, -0.25) is 9.59 Å². The van der Waals surface area contributed by atoms with Crippen LogP contribution in [0, 0.1) is 13.8 Å². The minimum absolute atomic E-state index is 0.0499. The van der Waals surface area contributed by atoms with Gasteiger partial charge in [0.1, 0.15) is 11.2 Å². The molecule has 0 saturated carbocycles. The van der Waals surface area contributed by atoms with Crippen LogP contribution in [0.5, 0.6) is 0 Å². The molecule has 0 aromatic heterocycles. The maximum atomic E-state index is 14.0. The van der Waals surface area contributed by atoms with E-state index in [0.29, 0.717) is 11.1 Å². The molecule has 0 saturated heterocycles. The van der Waals surface area contributed by atoms with Crippen molar-refractivity contribution in [3.8, 4) is 0 Å². The molecule has 0 radical (unpaired) electrons. The highest BCUT2D eigenvalue weighted by Gasteiger charge is 2.54. The lowest BCUT2D eigenvalue weighted by molar-refractivity contribution is -0.123. The van der Waals surface area contributed by atoms with Crippen molar-refractivity contribution in [3.05, 3.63) is 81.9 Å². The van der Waals surface area contributed by atoms with Gasteiger partial charge in [-0.25, -0.2) is 19.4 Å². The van der Waals surface area contributed by atoms with Gasteiger partial charge in [-0.2, -0.15) is 0 Å². The molecule has 198 valence electrons. The number of carbonyl (C=O) groups is 4. The number of benzene rings is 2. The smallest absolute Gasteiger partial charge is 0.422 e. The first kappa shape index (κ1) is 26.9. The molecule has 0 aliphatic carbocycles. The number of rotatable bonds is 2. The first-order valence-electron chi connectivity index (χ1n) is 12.4. The second kappa shape index (κ2) is 9.28. The predicted octanol–water partition coefficient (Wildman–Crippen LogP) is 5.98. The van der Waals surface area contributed by atoms with Crippen LogP contribution in [0.25, 0.3) is 11.4 Å². The number of nitrogens with zero attached hydrogens (tertiary/aromatic N) is 2. The van der Waals surface area contributed by atoms with Gasteiger partial charge in [0.2, 0.25) is 0 Å². The molecule has 2 aromatic rings. The Kier molecular flexibility index (Phi) is 6.55. The SMILES string of the molecule is Cc1ccc(C2=C3C(=O)N(C(=O)OC(C)(C)C)C(c4ccc(C)cc4)=C3C(=O)N2C(=O)OC(C)(C)C)cc1. The van der Waals surface area contributed by atoms with E-state index >= 15 is 0 Å². The molecular weight excluding hydrogens is 484 g/mol. The summed E-state index contributed by atoms with van der Waals surface area (Å²) in [7, 11) is 0. The molecular formula is C30H32N2O6. The predicted molar refractivity (Wildman–Crippen MR) is 142 cm³/mol. The third kappa shape index (κ3) is 4.98. The minimum atomic E-state index is -0.910. The normalized spacial score (nSPS) is 15.9. The number of fused-ring (bicyclic) bond motifs is 1. The third-order valence-electron chi connectivity index (χ3n) is 5.81. The fourth-order valence-electron chi connectivity index (χ4n) is 4.24. The molecule has 0 spiro atoms. The molecule has 0 atom stereocenters. The van der Waals surface area contributed by atoms with Crippen molar-refractivity contribution >= 4 is 35.4 Å². The van der Waals surface area contributed by atoms with Crippen LogP contribution >= 0.6 is 0 Å². The van der Waals surface area contributed by atoms with Crippen LogP contribution in [0.4, 0.5) is 9.59 Å². The molecule has 38 heavy (non-hydrogen) atoms. The fraction of sp³-hybridized carbons (Fsp3) is 0.333. The Morgan fingerprint density at radius 2 is 0.868 bits per heavy atom. The van der Waals surface area contributed by atoms with E-state index in [1.807, 2.05) is 38.1 Å². The van der Waals surface area contributed by atoms with Crippen LogP contribution in [0.15, 0.2) is 59.7 Å². The van der Waals surface area contributed by atoms with Crippen LogP contribution < -0.4 is 0 Å². The highest BCUT2D eigenvalue weighted by atomic mass is 16.6. The van der Waals surface area contributed by atoms with E-state index in [1.54, 1.807) is 65.8 Å². The molecule has 0 N–H and O–H groups in total. The summed E-state index contributed by atoms with van der Waals surface area (Å²) in [4.78, 5) is 56.5. The number of aryl methyl sites for hydroxylation is 2. The van der Waals surface area contributed by atoms with Crippen LogP contribution in [0.2, 0.25) is 0 Å². The zero-order chi connectivity index (χ0) is 28.2. The van der Waals surface area contributed by atoms with E-state index in [9.17, 15) is 19.2 Å². The van der Waals surface area contributed by atoms with Crippen LogP contribution in [-0.4, -0.2) is 45.0 Å². The summed E-state index contributed by atoms with van der Waals surface area (Å²) < 4.78 is 11.1. The highest BCUT2D eigenvalue weighted by molar-refractivity contribution is 6.35. The second-order valence-electron chi connectivity index (χ2n) is 11.4. The maximum Gasteiger partial charge on any atom is 0.422 e. The summed E-state index contributed by atoms with van der Waals surface area (Å²) in [6.07, 6.45) is -1.82. The molecule has 0 bridgehead atoms. The molecule has 4 amide bonds.